The van der Waals surface area contributed by atoms with Crippen LogP contribution in [-0.2, 0) is 17.0 Å². The SMILES string of the molecule is Clc1ccc(-c2nnc(SCc3cc(-c4ccco4)on3)n2C[C@@H]2CCCO2)cc1. The lowest BCUT2D eigenvalue weighted by Crippen LogP contribution is -2.16. The molecule has 154 valence electrons. The third-order valence-electron chi connectivity index (χ3n) is 4.90. The highest BCUT2D eigenvalue weighted by Crippen LogP contribution is 2.30. The predicted octanol–water partition coefficient (Wildman–Crippen LogP) is 5.32. The molecule has 0 spiro atoms. The summed E-state index contributed by atoms with van der Waals surface area (Å²) in [6.07, 6.45) is 3.90. The molecule has 1 aliphatic rings. The number of hydrogen-bond acceptors (Lipinski definition) is 7. The van der Waals surface area contributed by atoms with Gasteiger partial charge in [-0.1, -0.05) is 28.5 Å². The first-order valence-corrected chi connectivity index (χ1v) is 11.1. The van der Waals surface area contributed by atoms with E-state index in [0.29, 0.717) is 28.8 Å². The normalized spacial score (nSPS) is 16.4. The molecule has 4 heterocycles. The van der Waals surface area contributed by atoms with Crippen LogP contribution in [0, 0.1) is 0 Å². The summed E-state index contributed by atoms with van der Waals surface area (Å²) in [6.45, 7) is 1.52. The van der Waals surface area contributed by atoms with Gasteiger partial charge in [0.05, 0.1) is 24.6 Å². The van der Waals surface area contributed by atoms with E-state index in [1.165, 1.54) is 0 Å². The summed E-state index contributed by atoms with van der Waals surface area (Å²) in [5.74, 6) is 2.68. The molecule has 0 aliphatic carbocycles. The van der Waals surface area contributed by atoms with Crippen LogP contribution in [0.2, 0.25) is 5.02 Å². The number of halogens is 1. The topological polar surface area (TPSA) is 79.1 Å². The first kappa shape index (κ1) is 19.4. The molecule has 0 radical (unpaired) electrons. The number of nitrogens with zero attached hydrogens (tertiary/aromatic N) is 4. The standard InChI is InChI=1S/C21H19ClN4O3S/c22-15-7-5-14(6-8-15)20-23-24-21(26(20)12-17-3-1-9-27-17)30-13-16-11-19(29-25-16)18-4-2-10-28-18/h2,4-8,10-11,17H,1,3,9,12-13H2/t17-/m0/s1. The van der Waals surface area contributed by atoms with Crippen molar-refractivity contribution in [1.29, 1.82) is 0 Å². The summed E-state index contributed by atoms with van der Waals surface area (Å²) < 4.78 is 18.7. The summed E-state index contributed by atoms with van der Waals surface area (Å²) in [5, 5.41) is 14.5. The minimum atomic E-state index is 0.170. The monoisotopic (exact) mass is 442 g/mol. The van der Waals surface area contributed by atoms with E-state index in [9.17, 15) is 0 Å². The second-order valence-corrected chi connectivity index (χ2v) is 8.39. The highest BCUT2D eigenvalue weighted by atomic mass is 35.5. The molecule has 0 saturated carbocycles. The molecule has 1 fully saturated rings. The van der Waals surface area contributed by atoms with Gasteiger partial charge in [0.2, 0.25) is 5.76 Å². The summed E-state index contributed by atoms with van der Waals surface area (Å²) in [4.78, 5) is 0. The Morgan fingerprint density at radius 3 is 2.80 bits per heavy atom. The predicted molar refractivity (Wildman–Crippen MR) is 113 cm³/mol. The van der Waals surface area contributed by atoms with Gasteiger partial charge >= 0.3 is 0 Å². The number of aromatic nitrogens is 4. The Kier molecular flexibility index (Phi) is 5.61. The number of furan rings is 1. The minimum Gasteiger partial charge on any atom is -0.461 e. The van der Waals surface area contributed by atoms with E-state index in [0.717, 1.165) is 41.7 Å². The molecule has 30 heavy (non-hydrogen) atoms. The lowest BCUT2D eigenvalue weighted by atomic mass is 10.2. The summed E-state index contributed by atoms with van der Waals surface area (Å²) >= 11 is 7.62. The van der Waals surface area contributed by atoms with Gasteiger partial charge < -0.3 is 13.7 Å². The van der Waals surface area contributed by atoms with Crippen molar-refractivity contribution in [3.63, 3.8) is 0 Å². The number of hydrogen-bond donors (Lipinski definition) is 0. The molecule has 1 saturated heterocycles. The Labute approximate surface area is 182 Å². The first-order valence-electron chi connectivity index (χ1n) is 9.69. The highest BCUT2D eigenvalue weighted by molar-refractivity contribution is 7.98. The molecular formula is C21H19ClN4O3S. The van der Waals surface area contributed by atoms with Crippen LogP contribution in [0.15, 0.2) is 62.8 Å². The van der Waals surface area contributed by atoms with E-state index in [4.69, 9.17) is 25.3 Å². The molecule has 4 aromatic rings. The lowest BCUT2D eigenvalue weighted by molar-refractivity contribution is 0.0953. The van der Waals surface area contributed by atoms with Gasteiger partial charge in [0.25, 0.3) is 0 Å². The Balaban J connectivity index is 1.37. The zero-order valence-corrected chi connectivity index (χ0v) is 17.6. The molecule has 0 unspecified atom stereocenters. The summed E-state index contributed by atoms with van der Waals surface area (Å²) in [6, 6.07) is 13.2. The van der Waals surface area contributed by atoms with E-state index in [1.54, 1.807) is 18.0 Å². The van der Waals surface area contributed by atoms with Crippen molar-refractivity contribution in [2.75, 3.05) is 6.61 Å². The van der Waals surface area contributed by atoms with E-state index < -0.39 is 0 Å². The Morgan fingerprint density at radius 2 is 2.03 bits per heavy atom. The Hall–Kier alpha value is -2.55. The second-order valence-electron chi connectivity index (χ2n) is 7.01. The lowest BCUT2D eigenvalue weighted by Gasteiger charge is -2.14. The quantitative estimate of drug-likeness (QED) is 0.358. The highest BCUT2D eigenvalue weighted by Gasteiger charge is 2.22. The zero-order valence-electron chi connectivity index (χ0n) is 16.0. The van der Waals surface area contributed by atoms with Crippen molar-refractivity contribution in [2.45, 2.75) is 36.4 Å². The van der Waals surface area contributed by atoms with Crippen LogP contribution in [0.5, 0.6) is 0 Å². The maximum atomic E-state index is 6.05. The van der Waals surface area contributed by atoms with Crippen LogP contribution in [0.25, 0.3) is 22.9 Å². The van der Waals surface area contributed by atoms with Crippen LogP contribution in [-0.4, -0.2) is 32.6 Å². The number of rotatable bonds is 7. The molecular weight excluding hydrogens is 424 g/mol. The van der Waals surface area contributed by atoms with Crippen LogP contribution >= 0.6 is 23.4 Å². The smallest absolute Gasteiger partial charge is 0.202 e. The summed E-state index contributed by atoms with van der Waals surface area (Å²) in [5.41, 5.74) is 1.78. The molecule has 5 rings (SSSR count). The Bertz CT molecular complexity index is 1100. The average Bonchev–Trinajstić information content (AvgIpc) is 3.55. The zero-order chi connectivity index (χ0) is 20.3. The van der Waals surface area contributed by atoms with E-state index in [-0.39, 0.29) is 6.10 Å². The van der Waals surface area contributed by atoms with Gasteiger partial charge in [0, 0.05) is 29.0 Å². The first-order chi connectivity index (χ1) is 14.8. The maximum Gasteiger partial charge on any atom is 0.202 e. The molecule has 0 N–H and O–H groups in total. The van der Waals surface area contributed by atoms with Gasteiger partial charge in [-0.3, -0.25) is 4.57 Å². The number of benzene rings is 1. The van der Waals surface area contributed by atoms with Crippen molar-refractivity contribution in [1.82, 2.24) is 19.9 Å². The fraction of sp³-hybridized carbons (Fsp3) is 0.286. The third-order valence-corrected chi connectivity index (χ3v) is 6.15. The van der Waals surface area contributed by atoms with E-state index in [1.807, 2.05) is 42.5 Å². The number of thioether (sulfide) groups is 1. The maximum absolute atomic E-state index is 6.05. The molecule has 1 aliphatic heterocycles. The van der Waals surface area contributed by atoms with Gasteiger partial charge in [0.1, 0.15) is 0 Å². The fourth-order valence-electron chi connectivity index (χ4n) is 3.42. The molecule has 1 atom stereocenters. The van der Waals surface area contributed by atoms with Gasteiger partial charge in [-0.05, 0) is 49.2 Å². The van der Waals surface area contributed by atoms with Crippen molar-refractivity contribution in [3.05, 3.63) is 59.4 Å². The summed E-state index contributed by atoms with van der Waals surface area (Å²) in [7, 11) is 0. The van der Waals surface area contributed by atoms with Gasteiger partial charge in [0.15, 0.2) is 16.7 Å². The average molecular weight is 443 g/mol. The minimum absolute atomic E-state index is 0.170. The fourth-order valence-corrected chi connectivity index (χ4v) is 4.37. The van der Waals surface area contributed by atoms with Crippen molar-refractivity contribution in [3.8, 4) is 22.9 Å². The van der Waals surface area contributed by atoms with Crippen LogP contribution in [0.1, 0.15) is 18.5 Å². The largest absolute Gasteiger partial charge is 0.461 e. The molecule has 3 aromatic heterocycles. The molecule has 0 bridgehead atoms. The molecule has 0 amide bonds. The molecule has 9 heteroatoms. The van der Waals surface area contributed by atoms with Crippen molar-refractivity contribution >= 4 is 23.4 Å². The molecule has 1 aromatic carbocycles. The van der Waals surface area contributed by atoms with Crippen LogP contribution < -0.4 is 0 Å². The van der Waals surface area contributed by atoms with Gasteiger partial charge in [-0.25, -0.2) is 0 Å². The number of ether oxygens (including phenoxy) is 1. The van der Waals surface area contributed by atoms with Crippen molar-refractivity contribution in [2.24, 2.45) is 0 Å². The van der Waals surface area contributed by atoms with Crippen LogP contribution in [0.4, 0.5) is 0 Å². The van der Waals surface area contributed by atoms with Crippen molar-refractivity contribution < 1.29 is 13.7 Å². The van der Waals surface area contributed by atoms with Crippen LogP contribution in [0.3, 0.4) is 0 Å². The third kappa shape index (κ3) is 4.16. The second kappa shape index (κ2) is 8.67. The van der Waals surface area contributed by atoms with E-state index >= 15 is 0 Å². The van der Waals surface area contributed by atoms with E-state index in [2.05, 4.69) is 19.9 Å². The Morgan fingerprint density at radius 1 is 1.13 bits per heavy atom. The van der Waals surface area contributed by atoms with Gasteiger partial charge in [-0.2, -0.15) is 0 Å². The van der Waals surface area contributed by atoms with Gasteiger partial charge in [-0.15, -0.1) is 10.2 Å². The molecule has 7 nitrogen and oxygen atoms in total.